The molecule has 3 atom stereocenters. The van der Waals surface area contributed by atoms with Crippen LogP contribution in [-0.2, 0) is 0 Å². The van der Waals surface area contributed by atoms with E-state index in [1.165, 1.54) is 70.6 Å². The number of nitriles is 2. The third-order valence-corrected chi connectivity index (χ3v) is 5.78. The summed E-state index contributed by atoms with van der Waals surface area (Å²) in [6, 6.07) is 3.85. The predicted octanol–water partition coefficient (Wildman–Crippen LogP) is 8.13. The lowest BCUT2D eigenvalue weighted by molar-refractivity contribution is 0.272. The highest BCUT2D eigenvalue weighted by Crippen LogP contribution is 2.31. The zero-order valence-electron chi connectivity index (χ0n) is 18.3. The smallest absolute Gasteiger partial charge is 0.129 e. The Morgan fingerprint density at radius 3 is 1.81 bits per heavy atom. The van der Waals surface area contributed by atoms with Crippen LogP contribution in [0.1, 0.15) is 105 Å². The average molecular weight is 371 g/mol. The van der Waals surface area contributed by atoms with Crippen LogP contribution in [0.15, 0.2) is 23.8 Å². The Kier molecular flexibility index (Phi) is 16.8. The normalized spacial score (nSPS) is 14.3. The maximum atomic E-state index is 8.85. The molecule has 2 nitrogen and oxygen atoms in total. The second-order valence-corrected chi connectivity index (χ2v) is 7.99. The first-order chi connectivity index (χ1) is 13.1. The van der Waals surface area contributed by atoms with Crippen LogP contribution in [0.5, 0.6) is 0 Å². The fourth-order valence-electron chi connectivity index (χ4n) is 3.92. The Hall–Kier alpha value is -1.54. The van der Waals surface area contributed by atoms with Gasteiger partial charge >= 0.3 is 0 Å². The first-order valence-corrected chi connectivity index (χ1v) is 11.3. The molecule has 0 aromatic rings. The summed E-state index contributed by atoms with van der Waals surface area (Å²) in [6.45, 7) is 9.23. The van der Waals surface area contributed by atoms with Crippen LogP contribution >= 0.6 is 0 Å². The number of rotatable bonds is 16. The van der Waals surface area contributed by atoms with Gasteiger partial charge in [-0.15, -0.1) is 0 Å². The summed E-state index contributed by atoms with van der Waals surface area (Å²) in [5, 5.41) is 17.7. The zero-order valence-corrected chi connectivity index (χ0v) is 18.3. The first-order valence-electron chi connectivity index (χ1n) is 11.3. The van der Waals surface area contributed by atoms with Crippen molar-refractivity contribution < 1.29 is 0 Å². The van der Waals surface area contributed by atoms with E-state index in [2.05, 4.69) is 33.8 Å². The Morgan fingerprint density at radius 1 is 0.778 bits per heavy atom. The van der Waals surface area contributed by atoms with Crippen molar-refractivity contribution in [3.05, 3.63) is 23.8 Å². The van der Waals surface area contributed by atoms with Crippen LogP contribution in [0.2, 0.25) is 0 Å². The van der Waals surface area contributed by atoms with Gasteiger partial charge in [0.15, 0.2) is 0 Å². The van der Waals surface area contributed by atoms with E-state index in [4.69, 9.17) is 10.5 Å². The van der Waals surface area contributed by atoms with Crippen molar-refractivity contribution in [3.63, 3.8) is 0 Å². The molecule has 0 N–H and O–H groups in total. The number of hydrogen-bond donors (Lipinski definition) is 0. The second kappa shape index (κ2) is 17.9. The van der Waals surface area contributed by atoms with Crippen LogP contribution in [-0.4, -0.2) is 0 Å². The first kappa shape index (κ1) is 25.5. The van der Waals surface area contributed by atoms with Gasteiger partial charge in [0.05, 0.1) is 0 Å². The lowest BCUT2D eigenvalue weighted by Gasteiger charge is -2.26. The summed E-state index contributed by atoms with van der Waals surface area (Å²) in [5.74, 6) is 2.39. The van der Waals surface area contributed by atoms with E-state index < -0.39 is 0 Å². The van der Waals surface area contributed by atoms with Crippen molar-refractivity contribution in [2.24, 2.45) is 17.8 Å². The van der Waals surface area contributed by atoms with Crippen molar-refractivity contribution >= 4 is 0 Å². The molecule has 0 rings (SSSR count). The van der Waals surface area contributed by atoms with Gasteiger partial charge in [-0.3, -0.25) is 0 Å². The highest BCUT2D eigenvalue weighted by Gasteiger charge is 2.18. The van der Waals surface area contributed by atoms with E-state index in [1.807, 2.05) is 18.2 Å². The maximum absolute atomic E-state index is 8.85. The summed E-state index contributed by atoms with van der Waals surface area (Å²) in [5.41, 5.74) is 0.184. The van der Waals surface area contributed by atoms with Crippen molar-refractivity contribution in [1.29, 1.82) is 10.5 Å². The Morgan fingerprint density at radius 2 is 1.33 bits per heavy atom. The van der Waals surface area contributed by atoms with Gasteiger partial charge in [-0.2, -0.15) is 10.5 Å². The van der Waals surface area contributed by atoms with Crippen molar-refractivity contribution in [1.82, 2.24) is 0 Å². The van der Waals surface area contributed by atoms with Crippen LogP contribution in [0.25, 0.3) is 0 Å². The van der Waals surface area contributed by atoms with E-state index >= 15 is 0 Å². The molecule has 0 bridgehead atoms. The molecule has 0 aliphatic rings. The van der Waals surface area contributed by atoms with Gasteiger partial charge in [0.25, 0.3) is 0 Å². The van der Waals surface area contributed by atoms with Gasteiger partial charge in [-0.25, -0.2) is 0 Å². The molecule has 0 aliphatic carbocycles. The Labute approximate surface area is 169 Å². The number of nitrogens with zero attached hydrogens (tertiary/aromatic N) is 2. The molecule has 0 radical (unpaired) electrons. The standard InChI is InChI=1S/C25H42N2/c1-5-9-11-15-23(8-4)19-24(18-22(7-3)14-10-6-2)16-12-13-17-25(20-26)21-27/h12-13,17,22-24H,5-11,14-16,18-19H2,1-4H3/b13-12+. The van der Waals surface area contributed by atoms with Crippen LogP contribution in [0.3, 0.4) is 0 Å². The highest BCUT2D eigenvalue weighted by atomic mass is 14.3. The molecule has 0 amide bonds. The van der Waals surface area contributed by atoms with Gasteiger partial charge in [0.1, 0.15) is 17.7 Å². The third-order valence-electron chi connectivity index (χ3n) is 5.78. The van der Waals surface area contributed by atoms with Crippen LogP contribution in [0, 0.1) is 40.4 Å². The minimum absolute atomic E-state index is 0.184. The van der Waals surface area contributed by atoms with E-state index in [0.717, 1.165) is 24.2 Å². The van der Waals surface area contributed by atoms with E-state index in [0.29, 0.717) is 0 Å². The highest BCUT2D eigenvalue weighted by molar-refractivity contribution is 5.37. The van der Waals surface area contributed by atoms with Gasteiger partial charge in [0.2, 0.25) is 0 Å². The van der Waals surface area contributed by atoms with Crippen LogP contribution in [0.4, 0.5) is 0 Å². The summed E-state index contributed by atoms with van der Waals surface area (Å²) in [4.78, 5) is 0. The SMILES string of the molecule is CCCCCC(CC)CC(C/C=C/C=C(C#N)C#N)CC(CC)CCCC. The quantitative estimate of drug-likeness (QED) is 0.156. The monoisotopic (exact) mass is 370 g/mol. The summed E-state index contributed by atoms with van der Waals surface area (Å²) < 4.78 is 0. The van der Waals surface area contributed by atoms with E-state index in [9.17, 15) is 0 Å². The fraction of sp³-hybridized carbons (Fsp3) is 0.760. The molecule has 0 fully saturated rings. The second-order valence-electron chi connectivity index (χ2n) is 7.99. The molecular formula is C25H42N2. The molecule has 152 valence electrons. The number of hydrogen-bond acceptors (Lipinski definition) is 2. The van der Waals surface area contributed by atoms with E-state index in [-0.39, 0.29) is 5.57 Å². The summed E-state index contributed by atoms with van der Waals surface area (Å²) in [7, 11) is 0. The van der Waals surface area contributed by atoms with Crippen molar-refractivity contribution in [2.75, 3.05) is 0 Å². The van der Waals surface area contributed by atoms with Crippen molar-refractivity contribution in [3.8, 4) is 12.1 Å². The Balaban J connectivity index is 4.91. The largest absolute Gasteiger partial charge is 0.192 e. The van der Waals surface area contributed by atoms with Crippen LogP contribution < -0.4 is 0 Å². The molecule has 0 heterocycles. The maximum Gasteiger partial charge on any atom is 0.129 e. The Bertz CT molecular complexity index is 473. The van der Waals surface area contributed by atoms with Gasteiger partial charge < -0.3 is 0 Å². The molecule has 0 spiro atoms. The molecule has 0 aromatic carbocycles. The van der Waals surface area contributed by atoms with E-state index in [1.54, 1.807) is 6.08 Å². The zero-order chi connectivity index (χ0) is 20.3. The van der Waals surface area contributed by atoms with Crippen molar-refractivity contribution in [2.45, 2.75) is 105 Å². The molecular weight excluding hydrogens is 328 g/mol. The summed E-state index contributed by atoms with van der Waals surface area (Å²) in [6.07, 6.45) is 21.3. The molecule has 3 unspecified atom stereocenters. The number of allylic oxidation sites excluding steroid dienone is 4. The predicted molar refractivity (Wildman–Crippen MR) is 117 cm³/mol. The fourth-order valence-corrected chi connectivity index (χ4v) is 3.92. The molecule has 0 aliphatic heterocycles. The minimum Gasteiger partial charge on any atom is -0.192 e. The van der Waals surface area contributed by atoms with Gasteiger partial charge in [-0.1, -0.05) is 97.6 Å². The van der Waals surface area contributed by atoms with Gasteiger partial charge in [0, 0.05) is 0 Å². The molecule has 0 saturated carbocycles. The molecule has 27 heavy (non-hydrogen) atoms. The van der Waals surface area contributed by atoms with Gasteiger partial charge in [-0.05, 0) is 43.1 Å². The molecule has 0 aromatic heterocycles. The lowest BCUT2D eigenvalue weighted by Crippen LogP contribution is -2.13. The molecule has 0 saturated heterocycles. The topological polar surface area (TPSA) is 47.6 Å². The molecule has 2 heteroatoms. The third kappa shape index (κ3) is 13.3. The minimum atomic E-state index is 0.184. The number of unbranched alkanes of at least 4 members (excludes halogenated alkanes) is 3. The lowest BCUT2D eigenvalue weighted by atomic mass is 9.80. The average Bonchev–Trinajstić information content (AvgIpc) is 2.69. The summed E-state index contributed by atoms with van der Waals surface area (Å²) >= 11 is 0.